The lowest BCUT2D eigenvalue weighted by atomic mass is 10.3. The van der Waals surface area contributed by atoms with Crippen LogP contribution in [-0.2, 0) is 10.0 Å². The molecule has 0 unspecified atom stereocenters. The van der Waals surface area contributed by atoms with Crippen molar-refractivity contribution in [2.45, 2.75) is 0 Å². The highest BCUT2D eigenvalue weighted by atomic mass is 32.2. The second kappa shape index (κ2) is 2.56. The van der Waals surface area contributed by atoms with E-state index in [2.05, 4.69) is 5.10 Å². The number of rotatable bonds is 1. The fraction of sp³-hybridized carbons (Fsp3) is 0.125. The van der Waals surface area contributed by atoms with Crippen molar-refractivity contribution >= 4 is 20.9 Å². The van der Waals surface area contributed by atoms with Gasteiger partial charge in [-0.2, -0.15) is 9.19 Å². The predicted molar refractivity (Wildman–Crippen MR) is 50.0 cm³/mol. The summed E-state index contributed by atoms with van der Waals surface area (Å²) in [4.78, 5) is 0. The first-order valence-electron chi connectivity index (χ1n) is 3.72. The van der Waals surface area contributed by atoms with Crippen LogP contribution in [0.3, 0.4) is 0 Å². The van der Waals surface area contributed by atoms with E-state index >= 15 is 0 Å². The van der Waals surface area contributed by atoms with Crippen LogP contribution in [0.25, 0.3) is 10.9 Å². The number of hydrogen-bond donors (Lipinski definition) is 0. The number of para-hydroxylation sites is 1. The Morgan fingerprint density at radius 1 is 1.31 bits per heavy atom. The average Bonchev–Trinajstić information content (AvgIpc) is 2.45. The van der Waals surface area contributed by atoms with Crippen molar-refractivity contribution in [1.29, 1.82) is 0 Å². The van der Waals surface area contributed by atoms with E-state index in [1.54, 1.807) is 12.1 Å². The minimum absolute atomic E-state index is 0.616. The Bertz CT molecular complexity index is 542. The number of hydrogen-bond acceptors (Lipinski definition) is 3. The molecule has 0 amide bonds. The van der Waals surface area contributed by atoms with Crippen LogP contribution in [0, 0.1) is 0 Å². The molecular weight excluding hydrogens is 188 g/mol. The van der Waals surface area contributed by atoms with Gasteiger partial charge in [-0.15, -0.1) is 0 Å². The summed E-state index contributed by atoms with van der Waals surface area (Å²) in [6, 6.07) is 7.18. The lowest BCUT2D eigenvalue weighted by molar-refractivity contribution is 0.588. The highest BCUT2D eigenvalue weighted by molar-refractivity contribution is 7.89. The van der Waals surface area contributed by atoms with Crippen molar-refractivity contribution in [3.63, 3.8) is 0 Å². The quantitative estimate of drug-likeness (QED) is 0.679. The summed E-state index contributed by atoms with van der Waals surface area (Å²) < 4.78 is 23.4. The minimum Gasteiger partial charge on any atom is -0.205 e. The van der Waals surface area contributed by atoms with E-state index in [0.717, 1.165) is 15.7 Å². The van der Waals surface area contributed by atoms with E-state index in [-0.39, 0.29) is 0 Å². The average molecular weight is 196 g/mol. The normalized spacial score (nSPS) is 12.1. The zero-order chi connectivity index (χ0) is 9.47. The Morgan fingerprint density at radius 3 is 2.69 bits per heavy atom. The van der Waals surface area contributed by atoms with Gasteiger partial charge in [-0.25, -0.2) is 8.42 Å². The molecule has 0 bridgehead atoms. The van der Waals surface area contributed by atoms with Gasteiger partial charge in [-0.3, -0.25) is 0 Å². The van der Waals surface area contributed by atoms with Gasteiger partial charge in [0, 0.05) is 5.39 Å². The molecule has 4 nitrogen and oxygen atoms in total. The van der Waals surface area contributed by atoms with Crippen molar-refractivity contribution in [3.05, 3.63) is 30.5 Å². The maximum absolute atomic E-state index is 11.2. The van der Waals surface area contributed by atoms with Crippen LogP contribution < -0.4 is 0 Å². The zero-order valence-corrected chi connectivity index (χ0v) is 7.82. The molecule has 1 heterocycles. The molecule has 0 aliphatic carbocycles. The van der Waals surface area contributed by atoms with Gasteiger partial charge in [0.1, 0.15) is 0 Å². The summed E-state index contributed by atoms with van der Waals surface area (Å²) in [5.74, 6) is 0. The van der Waals surface area contributed by atoms with E-state index < -0.39 is 10.0 Å². The molecule has 68 valence electrons. The van der Waals surface area contributed by atoms with E-state index in [1.165, 1.54) is 6.20 Å². The summed E-state index contributed by atoms with van der Waals surface area (Å²) in [6.07, 6.45) is 2.67. The second-order valence-electron chi connectivity index (χ2n) is 2.81. The molecule has 1 aromatic heterocycles. The molecule has 0 aliphatic rings. The smallest absolute Gasteiger partial charge is 0.205 e. The third-order valence-electron chi connectivity index (χ3n) is 1.76. The van der Waals surface area contributed by atoms with Crippen LogP contribution in [-0.4, -0.2) is 23.9 Å². The molecule has 1 aromatic carbocycles. The van der Waals surface area contributed by atoms with Gasteiger partial charge >= 0.3 is 0 Å². The van der Waals surface area contributed by atoms with Gasteiger partial charge in [-0.05, 0) is 6.07 Å². The number of aromatic nitrogens is 2. The van der Waals surface area contributed by atoms with E-state index in [0.29, 0.717) is 5.52 Å². The Labute approximate surface area is 75.8 Å². The maximum Gasteiger partial charge on any atom is 0.251 e. The van der Waals surface area contributed by atoms with Crippen molar-refractivity contribution in [1.82, 2.24) is 9.19 Å². The summed E-state index contributed by atoms with van der Waals surface area (Å²) in [5, 5.41) is 4.62. The molecule has 2 rings (SSSR count). The number of benzene rings is 1. The molecule has 5 heteroatoms. The molecule has 0 N–H and O–H groups in total. The molecule has 0 saturated heterocycles. The number of fused-ring (bicyclic) bond motifs is 1. The van der Waals surface area contributed by atoms with Crippen LogP contribution in [0.5, 0.6) is 0 Å². The topological polar surface area (TPSA) is 52.0 Å². The summed E-state index contributed by atoms with van der Waals surface area (Å²) in [5.41, 5.74) is 0.616. The Kier molecular flexibility index (Phi) is 1.63. The van der Waals surface area contributed by atoms with E-state index in [4.69, 9.17) is 0 Å². The van der Waals surface area contributed by atoms with Gasteiger partial charge in [0.05, 0.1) is 18.0 Å². The first kappa shape index (κ1) is 8.25. The highest BCUT2D eigenvalue weighted by Gasteiger charge is 2.09. The zero-order valence-electron chi connectivity index (χ0n) is 7.01. The maximum atomic E-state index is 11.2. The van der Waals surface area contributed by atoms with Crippen LogP contribution in [0.2, 0.25) is 0 Å². The monoisotopic (exact) mass is 196 g/mol. The highest BCUT2D eigenvalue weighted by Crippen LogP contribution is 2.13. The van der Waals surface area contributed by atoms with Gasteiger partial charge < -0.3 is 0 Å². The molecule has 0 fully saturated rings. The molecule has 0 spiro atoms. The molecule has 2 aromatic rings. The summed E-state index contributed by atoms with van der Waals surface area (Å²) in [7, 11) is -3.28. The third-order valence-corrected chi connectivity index (χ3v) is 2.68. The fourth-order valence-corrected chi connectivity index (χ4v) is 1.95. The Balaban J connectivity index is 2.87. The van der Waals surface area contributed by atoms with Gasteiger partial charge in [0.25, 0.3) is 10.0 Å². The van der Waals surface area contributed by atoms with Gasteiger partial charge in [0.2, 0.25) is 0 Å². The summed E-state index contributed by atoms with van der Waals surface area (Å²) >= 11 is 0. The summed E-state index contributed by atoms with van der Waals surface area (Å²) in [6.45, 7) is 0. The molecule has 0 atom stereocenters. The van der Waals surface area contributed by atoms with Crippen LogP contribution in [0.4, 0.5) is 0 Å². The van der Waals surface area contributed by atoms with Crippen molar-refractivity contribution < 1.29 is 8.42 Å². The van der Waals surface area contributed by atoms with Gasteiger partial charge in [-0.1, -0.05) is 18.2 Å². The second-order valence-corrected chi connectivity index (χ2v) is 4.62. The Hall–Kier alpha value is -1.36. The lowest BCUT2D eigenvalue weighted by Crippen LogP contribution is -2.10. The number of nitrogens with zero attached hydrogens (tertiary/aromatic N) is 2. The van der Waals surface area contributed by atoms with Crippen LogP contribution >= 0.6 is 0 Å². The minimum atomic E-state index is -3.28. The van der Waals surface area contributed by atoms with Crippen LogP contribution in [0.1, 0.15) is 0 Å². The largest absolute Gasteiger partial charge is 0.251 e. The van der Waals surface area contributed by atoms with E-state index in [9.17, 15) is 8.42 Å². The predicted octanol–water partition coefficient (Wildman–Crippen LogP) is 0.844. The fourth-order valence-electron chi connectivity index (χ4n) is 1.21. The first-order chi connectivity index (χ1) is 6.09. The molecule has 0 saturated carbocycles. The molecule has 13 heavy (non-hydrogen) atoms. The molecule has 0 aliphatic heterocycles. The van der Waals surface area contributed by atoms with E-state index in [1.807, 2.05) is 12.1 Å². The van der Waals surface area contributed by atoms with Gasteiger partial charge in [0.15, 0.2) is 0 Å². The molecular formula is C8H8N2O2S. The van der Waals surface area contributed by atoms with Crippen molar-refractivity contribution in [3.8, 4) is 0 Å². The van der Waals surface area contributed by atoms with Crippen molar-refractivity contribution in [2.75, 3.05) is 6.26 Å². The first-order valence-corrected chi connectivity index (χ1v) is 5.57. The van der Waals surface area contributed by atoms with Crippen molar-refractivity contribution in [2.24, 2.45) is 0 Å². The Morgan fingerprint density at radius 2 is 2.00 bits per heavy atom. The standard InChI is InChI=1S/C8H8N2O2S/c1-13(11,12)10-8-5-3-2-4-7(8)6-9-10/h2-6H,1H3. The molecule has 0 radical (unpaired) electrons. The van der Waals surface area contributed by atoms with Crippen LogP contribution in [0.15, 0.2) is 30.5 Å². The third kappa shape index (κ3) is 1.31. The SMILES string of the molecule is CS(=O)(=O)n1ncc2ccccc21. The lowest BCUT2D eigenvalue weighted by Gasteiger charge is -1.97.